The van der Waals surface area contributed by atoms with Crippen molar-refractivity contribution in [2.24, 2.45) is 4.99 Å². The average molecular weight is 822 g/mol. The van der Waals surface area contributed by atoms with Gasteiger partial charge in [-0.05, 0) is 107 Å². The van der Waals surface area contributed by atoms with Crippen molar-refractivity contribution in [1.82, 2.24) is 4.57 Å². The normalized spacial score (nSPS) is 14.7. The lowest BCUT2D eigenvalue weighted by atomic mass is 9.95. The fraction of sp³-hybridized carbons (Fsp3) is 0.219. The van der Waals surface area contributed by atoms with E-state index in [4.69, 9.17) is 18.9 Å². The molecule has 0 aliphatic carbocycles. The lowest BCUT2D eigenvalue weighted by Gasteiger charge is -2.26. The molecule has 1 atom stereocenters. The molecule has 0 saturated heterocycles. The molecule has 1 aliphatic heterocycles. The fourth-order valence-corrected chi connectivity index (χ4v) is 7.55. The van der Waals surface area contributed by atoms with E-state index in [2.05, 4.69) is 56.2 Å². The molecule has 11 heteroatoms. The molecule has 3 aromatic carbocycles. The molecule has 222 valence electrons. The second-order valence-electron chi connectivity index (χ2n) is 9.52. The molecule has 0 radical (unpaired) electrons. The van der Waals surface area contributed by atoms with Gasteiger partial charge in [0.25, 0.3) is 5.56 Å². The molecule has 5 rings (SSSR count). The Balaban J connectivity index is 1.52. The van der Waals surface area contributed by atoms with Gasteiger partial charge in [-0.3, -0.25) is 9.36 Å². The number of nitrogens with zero attached hydrogens (tertiary/aromatic N) is 2. The summed E-state index contributed by atoms with van der Waals surface area (Å²) in [6.45, 7) is 4.12. The molecule has 4 aromatic rings. The number of thiazole rings is 1. The van der Waals surface area contributed by atoms with Crippen molar-refractivity contribution in [2.75, 3.05) is 20.8 Å². The molecule has 0 spiro atoms. The van der Waals surface area contributed by atoms with Crippen LogP contribution in [0.1, 0.15) is 36.6 Å². The molecule has 0 amide bonds. The third-order valence-electron chi connectivity index (χ3n) is 6.82. The summed E-state index contributed by atoms with van der Waals surface area (Å²) in [5.74, 6) is 1.38. The first-order valence-corrected chi connectivity index (χ1v) is 16.3. The minimum absolute atomic E-state index is 0.192. The average Bonchev–Trinajstić information content (AvgIpc) is 3.30. The number of benzene rings is 3. The highest BCUT2D eigenvalue weighted by Crippen LogP contribution is 2.37. The Morgan fingerprint density at radius 2 is 1.79 bits per heavy atom. The monoisotopic (exact) mass is 822 g/mol. The SMILES string of the molecule is CCOC(=O)C1=C(C)N=c2s/c(=C\c3ccc(COc4ccc(I)cc4I)cc3)c(=O)n2[C@H]1c1ccc(OC)cc1OC. The highest BCUT2D eigenvalue weighted by atomic mass is 127. The largest absolute Gasteiger partial charge is 0.497 e. The van der Waals surface area contributed by atoms with Crippen LogP contribution in [0.25, 0.3) is 6.08 Å². The number of carbonyl (C=O) groups excluding carboxylic acids is 1. The maximum atomic E-state index is 14.0. The Labute approximate surface area is 279 Å². The highest BCUT2D eigenvalue weighted by Gasteiger charge is 2.35. The van der Waals surface area contributed by atoms with Crippen LogP contribution in [0.5, 0.6) is 17.2 Å². The van der Waals surface area contributed by atoms with Gasteiger partial charge in [-0.1, -0.05) is 35.6 Å². The van der Waals surface area contributed by atoms with E-state index in [0.29, 0.717) is 38.7 Å². The van der Waals surface area contributed by atoms with E-state index in [0.717, 1.165) is 24.0 Å². The van der Waals surface area contributed by atoms with E-state index in [9.17, 15) is 9.59 Å². The quantitative estimate of drug-likeness (QED) is 0.162. The van der Waals surface area contributed by atoms with Crippen molar-refractivity contribution in [1.29, 1.82) is 0 Å². The van der Waals surface area contributed by atoms with E-state index < -0.39 is 12.0 Å². The first-order chi connectivity index (χ1) is 20.7. The predicted octanol–water partition coefficient (Wildman–Crippen LogP) is 5.60. The maximum absolute atomic E-state index is 14.0. The summed E-state index contributed by atoms with van der Waals surface area (Å²) in [6, 6.07) is 18.5. The molecule has 0 fully saturated rings. The Morgan fingerprint density at radius 1 is 1.02 bits per heavy atom. The second-order valence-corrected chi connectivity index (χ2v) is 12.9. The van der Waals surface area contributed by atoms with Crippen molar-refractivity contribution < 1.29 is 23.7 Å². The van der Waals surface area contributed by atoms with Gasteiger partial charge in [-0.2, -0.15) is 0 Å². The van der Waals surface area contributed by atoms with Crippen LogP contribution >= 0.6 is 56.5 Å². The summed E-state index contributed by atoms with van der Waals surface area (Å²) < 4.78 is 26.7. The van der Waals surface area contributed by atoms with E-state index >= 15 is 0 Å². The van der Waals surface area contributed by atoms with Gasteiger partial charge in [0.15, 0.2) is 4.80 Å². The summed E-state index contributed by atoms with van der Waals surface area (Å²) in [5, 5.41) is 0. The maximum Gasteiger partial charge on any atom is 0.338 e. The van der Waals surface area contributed by atoms with Crippen molar-refractivity contribution in [3.05, 3.63) is 115 Å². The zero-order chi connectivity index (χ0) is 30.7. The Bertz CT molecular complexity index is 1900. The smallest absolute Gasteiger partial charge is 0.338 e. The van der Waals surface area contributed by atoms with Crippen LogP contribution in [-0.4, -0.2) is 31.4 Å². The van der Waals surface area contributed by atoms with Crippen LogP contribution in [0.3, 0.4) is 0 Å². The zero-order valence-corrected chi connectivity index (χ0v) is 29.0. The molecule has 0 saturated carbocycles. The third kappa shape index (κ3) is 6.68. The topological polar surface area (TPSA) is 88.4 Å². The minimum Gasteiger partial charge on any atom is -0.497 e. The third-order valence-corrected chi connectivity index (χ3v) is 9.31. The lowest BCUT2D eigenvalue weighted by molar-refractivity contribution is -0.139. The van der Waals surface area contributed by atoms with E-state index in [1.54, 1.807) is 50.8 Å². The number of rotatable bonds is 9. The van der Waals surface area contributed by atoms with Crippen molar-refractivity contribution in [3.63, 3.8) is 0 Å². The Hall–Kier alpha value is -3.17. The van der Waals surface area contributed by atoms with Gasteiger partial charge < -0.3 is 18.9 Å². The zero-order valence-electron chi connectivity index (χ0n) is 23.9. The number of hydrogen-bond donors (Lipinski definition) is 0. The summed E-state index contributed by atoms with van der Waals surface area (Å²) in [7, 11) is 3.11. The number of halogens is 2. The number of hydrogen-bond acceptors (Lipinski definition) is 8. The molecule has 0 N–H and O–H groups in total. The summed E-state index contributed by atoms with van der Waals surface area (Å²) >= 11 is 5.82. The number of methoxy groups -OCH3 is 2. The van der Waals surface area contributed by atoms with Crippen LogP contribution in [0.2, 0.25) is 0 Å². The van der Waals surface area contributed by atoms with Crippen LogP contribution < -0.4 is 29.1 Å². The number of aromatic nitrogens is 1. The predicted molar refractivity (Wildman–Crippen MR) is 183 cm³/mol. The minimum atomic E-state index is -0.790. The molecule has 8 nitrogen and oxygen atoms in total. The summed E-state index contributed by atoms with van der Waals surface area (Å²) in [6.07, 6.45) is 1.84. The number of carbonyl (C=O) groups is 1. The fourth-order valence-electron chi connectivity index (χ4n) is 4.74. The first-order valence-electron chi connectivity index (χ1n) is 13.3. The second kappa shape index (κ2) is 13.6. The van der Waals surface area contributed by atoms with E-state index in [-0.39, 0.29) is 17.7 Å². The van der Waals surface area contributed by atoms with Crippen LogP contribution in [0, 0.1) is 7.14 Å². The van der Waals surface area contributed by atoms with E-state index in [1.807, 2.05) is 42.5 Å². The van der Waals surface area contributed by atoms with E-state index in [1.165, 1.54) is 11.3 Å². The Morgan fingerprint density at radius 3 is 2.47 bits per heavy atom. The van der Waals surface area contributed by atoms with Gasteiger partial charge in [0.2, 0.25) is 0 Å². The molecule has 1 aliphatic rings. The van der Waals surface area contributed by atoms with Gasteiger partial charge in [0.1, 0.15) is 29.9 Å². The number of allylic oxidation sites excluding steroid dienone is 1. The number of ether oxygens (including phenoxy) is 4. The lowest BCUT2D eigenvalue weighted by Crippen LogP contribution is -2.40. The standard InChI is InChI=1S/C32H28I2N2O6S/c1-5-41-31(38)28-18(2)35-32-36(29(28)23-12-11-22(39-3)16-26(23)40-4)30(37)27(43-32)14-19-6-8-20(9-7-19)17-42-25-13-10-21(33)15-24(25)34/h6-16,29H,5,17H2,1-4H3/b27-14-/t29-/m0/s1. The summed E-state index contributed by atoms with van der Waals surface area (Å²) in [5.41, 5.74) is 3.01. The van der Waals surface area contributed by atoms with Gasteiger partial charge in [0.05, 0.1) is 40.2 Å². The van der Waals surface area contributed by atoms with Gasteiger partial charge in [0, 0.05) is 15.2 Å². The molecule has 43 heavy (non-hydrogen) atoms. The van der Waals surface area contributed by atoms with Crippen molar-refractivity contribution >= 4 is 68.6 Å². The van der Waals surface area contributed by atoms with Crippen molar-refractivity contribution in [2.45, 2.75) is 26.5 Å². The van der Waals surface area contributed by atoms with Crippen LogP contribution in [-0.2, 0) is 16.1 Å². The van der Waals surface area contributed by atoms with Gasteiger partial charge in [-0.15, -0.1) is 0 Å². The molecular formula is C32H28I2N2O6S. The first kappa shape index (κ1) is 31.3. The van der Waals surface area contributed by atoms with Crippen molar-refractivity contribution in [3.8, 4) is 17.2 Å². The molecule has 0 bridgehead atoms. The molecular weight excluding hydrogens is 794 g/mol. The number of fused-ring (bicyclic) bond motifs is 1. The summed E-state index contributed by atoms with van der Waals surface area (Å²) in [4.78, 5) is 32.3. The van der Waals surface area contributed by atoms with Crippen LogP contribution in [0.15, 0.2) is 81.7 Å². The Kier molecular flexibility index (Phi) is 9.92. The number of esters is 1. The molecule has 2 heterocycles. The molecule has 0 unspecified atom stereocenters. The molecule has 1 aromatic heterocycles. The van der Waals surface area contributed by atoms with Gasteiger partial charge in [-0.25, -0.2) is 9.79 Å². The van der Waals surface area contributed by atoms with Gasteiger partial charge >= 0.3 is 5.97 Å². The highest BCUT2D eigenvalue weighted by molar-refractivity contribution is 14.1. The van der Waals surface area contributed by atoms with Crippen LogP contribution in [0.4, 0.5) is 0 Å².